The van der Waals surface area contributed by atoms with Gasteiger partial charge in [-0.3, -0.25) is 0 Å². The van der Waals surface area contributed by atoms with Gasteiger partial charge >= 0.3 is 0 Å². The van der Waals surface area contributed by atoms with Crippen molar-refractivity contribution in [2.75, 3.05) is 20.1 Å². The van der Waals surface area contributed by atoms with E-state index in [2.05, 4.69) is 32.4 Å². The molecule has 0 atom stereocenters. The molecule has 0 heterocycles. The molecule has 0 bridgehead atoms. The summed E-state index contributed by atoms with van der Waals surface area (Å²) in [5, 5.41) is 0. The molecule has 0 rings (SSSR count). The van der Waals surface area contributed by atoms with Crippen molar-refractivity contribution in [2.24, 2.45) is 0 Å². The van der Waals surface area contributed by atoms with Gasteiger partial charge in [-0.1, -0.05) is 12.1 Å². The summed E-state index contributed by atoms with van der Waals surface area (Å²) in [6, 6.07) is 2.22. The summed E-state index contributed by atoms with van der Waals surface area (Å²) in [5.74, 6) is 0. The monoisotopic (exact) mass is 169 g/mol. The molecule has 10 heavy (non-hydrogen) atoms. The zero-order valence-corrected chi connectivity index (χ0v) is 8.69. The van der Waals surface area contributed by atoms with E-state index in [1.54, 1.807) is 0 Å². The summed E-state index contributed by atoms with van der Waals surface area (Å²) >= 11 is 0. The summed E-state index contributed by atoms with van der Waals surface area (Å²) in [6.45, 7) is 2.41. The lowest BCUT2D eigenvalue weighted by Gasteiger charge is -2.14. The highest BCUT2D eigenvalue weighted by atomic mass is 28.1. The molecular weight excluding hydrogens is 154 g/mol. The fourth-order valence-corrected chi connectivity index (χ4v) is 1.13. The van der Waals surface area contributed by atoms with Crippen LogP contribution in [0, 0.1) is 0 Å². The first kappa shape index (κ1) is 10.4. The second kappa shape index (κ2) is 7.50. The zero-order chi connectivity index (χ0) is 7.82. The second-order valence-electron chi connectivity index (χ2n) is 2.51. The first-order valence-electron chi connectivity index (χ1n) is 3.79. The van der Waals surface area contributed by atoms with Gasteiger partial charge < -0.3 is 4.90 Å². The van der Waals surface area contributed by atoms with Gasteiger partial charge in [0, 0.05) is 20.5 Å². The quantitative estimate of drug-likeness (QED) is 0.533. The minimum atomic E-state index is 1.11. The lowest BCUT2D eigenvalue weighted by Crippen LogP contribution is -2.20. The van der Waals surface area contributed by atoms with Crippen LogP contribution in [0.5, 0.6) is 0 Å². The van der Waals surface area contributed by atoms with Crippen LogP contribution in [0.25, 0.3) is 0 Å². The van der Waals surface area contributed by atoms with Crippen LogP contribution in [-0.4, -0.2) is 45.5 Å². The molecule has 1 nitrogen and oxygen atoms in total. The highest BCUT2D eigenvalue weighted by molar-refractivity contribution is 6.08. The summed E-state index contributed by atoms with van der Waals surface area (Å²) in [6.07, 6.45) is 2.49. The number of hydrogen-bond donors (Lipinski definition) is 0. The van der Waals surface area contributed by atoms with E-state index in [1.165, 1.54) is 25.9 Å². The highest BCUT2D eigenvalue weighted by Crippen LogP contribution is 1.93. The molecule has 0 saturated heterocycles. The van der Waals surface area contributed by atoms with Crippen LogP contribution in [0.4, 0.5) is 0 Å². The van der Waals surface area contributed by atoms with E-state index < -0.39 is 0 Å². The predicted octanol–water partition coefficient (Wildman–Crippen LogP) is 0.872. The van der Waals surface area contributed by atoms with Crippen molar-refractivity contribution in [2.45, 2.75) is 24.9 Å². The van der Waals surface area contributed by atoms with Crippen molar-refractivity contribution in [3.63, 3.8) is 0 Å². The molecular formula is C7H15NSi2. The van der Waals surface area contributed by atoms with Gasteiger partial charge in [0.25, 0.3) is 0 Å². The minimum absolute atomic E-state index is 1.11. The molecule has 0 fully saturated rings. The fraction of sp³-hybridized carbons (Fsp3) is 1.00. The standard InChI is InChI=1S/C7H15NSi2/c1-8(4-2-6-9)5-3-7-10/h2-7H2,1H3. The van der Waals surface area contributed by atoms with Crippen LogP contribution in [0.2, 0.25) is 12.1 Å². The normalized spacial score (nSPS) is 10.8. The smallest absolute Gasteiger partial charge is 0.0222 e. The van der Waals surface area contributed by atoms with Gasteiger partial charge in [-0.25, -0.2) is 0 Å². The summed E-state index contributed by atoms with van der Waals surface area (Å²) in [7, 11) is 9.08. The van der Waals surface area contributed by atoms with E-state index in [0.29, 0.717) is 0 Å². The maximum absolute atomic E-state index is 3.45. The average molecular weight is 169 g/mol. The minimum Gasteiger partial charge on any atom is -0.306 e. The van der Waals surface area contributed by atoms with E-state index >= 15 is 0 Å². The largest absolute Gasteiger partial charge is 0.306 e. The molecule has 0 aromatic carbocycles. The maximum atomic E-state index is 3.45. The number of rotatable bonds is 6. The van der Waals surface area contributed by atoms with Gasteiger partial charge in [0.05, 0.1) is 0 Å². The van der Waals surface area contributed by atoms with Crippen LogP contribution >= 0.6 is 0 Å². The van der Waals surface area contributed by atoms with Gasteiger partial charge in [0.2, 0.25) is 0 Å². The third-order valence-corrected chi connectivity index (χ3v) is 2.14. The Kier molecular flexibility index (Phi) is 7.80. The molecule has 0 aromatic rings. The molecule has 0 amide bonds. The lowest BCUT2D eigenvalue weighted by molar-refractivity contribution is 0.335. The Bertz CT molecular complexity index is 60.6. The fourth-order valence-electron chi connectivity index (χ4n) is 0.810. The molecule has 0 unspecified atom stereocenters. The molecule has 3 heteroatoms. The second-order valence-corrected chi connectivity index (χ2v) is 3.51. The topological polar surface area (TPSA) is 3.24 Å². The van der Waals surface area contributed by atoms with E-state index in [-0.39, 0.29) is 0 Å². The predicted molar refractivity (Wildman–Crippen MR) is 47.9 cm³/mol. The van der Waals surface area contributed by atoms with Crippen LogP contribution < -0.4 is 0 Å². The van der Waals surface area contributed by atoms with Crippen LogP contribution in [0.3, 0.4) is 0 Å². The van der Waals surface area contributed by atoms with Gasteiger partial charge in [0.1, 0.15) is 0 Å². The van der Waals surface area contributed by atoms with Crippen molar-refractivity contribution < 1.29 is 0 Å². The van der Waals surface area contributed by atoms with Crippen molar-refractivity contribution in [3.8, 4) is 0 Å². The Morgan fingerprint density at radius 1 is 1.00 bits per heavy atom. The lowest BCUT2D eigenvalue weighted by atomic mass is 10.4. The molecule has 0 aliphatic heterocycles. The van der Waals surface area contributed by atoms with Gasteiger partial charge in [-0.15, -0.1) is 0 Å². The average Bonchev–Trinajstić information content (AvgIpc) is 1.97. The molecule has 0 spiro atoms. The molecule has 0 saturated carbocycles. The van der Waals surface area contributed by atoms with E-state index in [4.69, 9.17) is 0 Å². The summed E-state index contributed by atoms with van der Waals surface area (Å²) in [5.41, 5.74) is 0. The van der Waals surface area contributed by atoms with E-state index in [0.717, 1.165) is 12.1 Å². The Morgan fingerprint density at radius 3 is 1.70 bits per heavy atom. The van der Waals surface area contributed by atoms with Crippen molar-refractivity contribution in [3.05, 3.63) is 0 Å². The molecule has 0 aliphatic rings. The molecule has 6 radical (unpaired) electrons. The van der Waals surface area contributed by atoms with Crippen molar-refractivity contribution in [1.29, 1.82) is 0 Å². The molecule has 0 N–H and O–H groups in total. The Labute approximate surface area is 71.0 Å². The Hall–Kier alpha value is 0.394. The number of hydrogen-bond acceptors (Lipinski definition) is 1. The Morgan fingerprint density at radius 2 is 1.40 bits per heavy atom. The number of nitrogens with zero attached hydrogens (tertiary/aromatic N) is 1. The molecule has 0 aliphatic carbocycles. The van der Waals surface area contributed by atoms with Gasteiger partial charge in [0.15, 0.2) is 0 Å². The first-order chi connectivity index (χ1) is 4.81. The van der Waals surface area contributed by atoms with E-state index in [9.17, 15) is 0 Å². The first-order valence-corrected chi connectivity index (χ1v) is 5.20. The van der Waals surface area contributed by atoms with Crippen LogP contribution in [-0.2, 0) is 0 Å². The van der Waals surface area contributed by atoms with Crippen LogP contribution in [0.1, 0.15) is 12.8 Å². The maximum Gasteiger partial charge on any atom is 0.0222 e. The molecule has 56 valence electrons. The zero-order valence-electron chi connectivity index (χ0n) is 6.69. The summed E-state index contributed by atoms with van der Waals surface area (Å²) < 4.78 is 0. The third kappa shape index (κ3) is 6.51. The Balaban J connectivity index is 3.00. The highest BCUT2D eigenvalue weighted by Gasteiger charge is 1.94. The third-order valence-electron chi connectivity index (χ3n) is 1.43. The SMILES string of the molecule is CN(CCC[Si])CCC[Si]. The summed E-state index contributed by atoms with van der Waals surface area (Å²) in [4.78, 5) is 2.36. The van der Waals surface area contributed by atoms with E-state index in [1.807, 2.05) is 0 Å². The van der Waals surface area contributed by atoms with Crippen molar-refractivity contribution >= 4 is 20.5 Å². The van der Waals surface area contributed by atoms with Crippen LogP contribution in [0.15, 0.2) is 0 Å². The molecule has 0 aromatic heterocycles. The van der Waals surface area contributed by atoms with Gasteiger partial charge in [-0.2, -0.15) is 0 Å². The van der Waals surface area contributed by atoms with Crippen molar-refractivity contribution in [1.82, 2.24) is 4.90 Å². The van der Waals surface area contributed by atoms with Gasteiger partial charge in [-0.05, 0) is 33.0 Å².